The summed E-state index contributed by atoms with van der Waals surface area (Å²) < 4.78 is 24.6. The van der Waals surface area contributed by atoms with Gasteiger partial charge >= 0.3 is 6.03 Å². The van der Waals surface area contributed by atoms with Gasteiger partial charge in [-0.15, -0.1) is 0 Å². The number of urea groups is 1. The number of sulfone groups is 1. The van der Waals surface area contributed by atoms with Crippen molar-refractivity contribution in [1.82, 2.24) is 20.4 Å². The average molecular weight is 348 g/mol. The third kappa shape index (κ3) is 4.58. The number of nitrogens with one attached hydrogen (secondary N) is 2. The molecule has 0 radical (unpaired) electrons. The average Bonchev–Trinajstić information content (AvgIpc) is 3.12. The van der Waals surface area contributed by atoms with E-state index in [9.17, 15) is 13.2 Å². The highest BCUT2D eigenvalue weighted by atomic mass is 32.2. The lowest BCUT2D eigenvalue weighted by Gasteiger charge is -2.11. The highest BCUT2D eigenvalue weighted by Gasteiger charge is 2.28. The van der Waals surface area contributed by atoms with Crippen molar-refractivity contribution in [1.29, 1.82) is 0 Å². The molecule has 3 rings (SSSR count). The Bertz CT molecular complexity index is 802. The molecule has 7 nitrogen and oxygen atoms in total. The Hall–Kier alpha value is -2.35. The van der Waals surface area contributed by atoms with E-state index in [4.69, 9.17) is 0 Å². The van der Waals surface area contributed by atoms with Crippen LogP contribution in [-0.4, -0.2) is 41.8 Å². The van der Waals surface area contributed by atoms with Crippen LogP contribution in [-0.2, 0) is 22.9 Å². The van der Waals surface area contributed by atoms with E-state index in [1.807, 2.05) is 41.2 Å². The molecule has 2 aromatic rings. The van der Waals surface area contributed by atoms with Crippen LogP contribution in [0.1, 0.15) is 17.5 Å². The first kappa shape index (κ1) is 16.5. The minimum absolute atomic E-state index is 0.0232. The second kappa shape index (κ2) is 7.04. The number of rotatable bonds is 5. The van der Waals surface area contributed by atoms with E-state index in [1.165, 1.54) is 0 Å². The van der Waals surface area contributed by atoms with Crippen molar-refractivity contribution in [3.8, 4) is 0 Å². The highest BCUT2D eigenvalue weighted by molar-refractivity contribution is 7.91. The summed E-state index contributed by atoms with van der Waals surface area (Å²) in [6.45, 7) is 1.02. The maximum atomic E-state index is 11.8. The Morgan fingerprint density at radius 2 is 2.04 bits per heavy atom. The molecule has 1 aromatic carbocycles. The first-order valence-corrected chi connectivity index (χ1v) is 9.62. The fraction of sp³-hybridized carbons (Fsp3) is 0.375. The Labute approximate surface area is 141 Å². The SMILES string of the molecule is O=C(NCc1cnn(Cc2ccccc2)c1)N[C@@H]1CCS(=O)(=O)C1. The molecule has 2 heterocycles. The number of aromatic nitrogens is 2. The van der Waals surface area contributed by atoms with Gasteiger partial charge in [-0.3, -0.25) is 4.68 Å². The zero-order chi connectivity index (χ0) is 17.0. The molecule has 1 saturated heterocycles. The van der Waals surface area contributed by atoms with Gasteiger partial charge in [-0.2, -0.15) is 5.10 Å². The fourth-order valence-electron chi connectivity index (χ4n) is 2.68. The van der Waals surface area contributed by atoms with Gasteiger partial charge in [-0.05, 0) is 12.0 Å². The molecule has 0 bridgehead atoms. The van der Waals surface area contributed by atoms with Crippen LogP contribution in [0.5, 0.6) is 0 Å². The molecular formula is C16H20N4O3S. The molecule has 1 aliphatic heterocycles. The molecule has 1 fully saturated rings. The molecular weight excluding hydrogens is 328 g/mol. The van der Waals surface area contributed by atoms with Crippen LogP contribution in [0.4, 0.5) is 4.79 Å². The number of amides is 2. The van der Waals surface area contributed by atoms with Gasteiger partial charge in [0.1, 0.15) is 0 Å². The minimum Gasteiger partial charge on any atom is -0.334 e. The normalized spacial score (nSPS) is 19.1. The Morgan fingerprint density at radius 3 is 2.75 bits per heavy atom. The van der Waals surface area contributed by atoms with Gasteiger partial charge in [-0.1, -0.05) is 30.3 Å². The number of benzene rings is 1. The summed E-state index contributed by atoms with van der Waals surface area (Å²) in [4.78, 5) is 11.8. The van der Waals surface area contributed by atoms with Gasteiger partial charge in [0.05, 0.1) is 24.2 Å². The third-order valence-corrected chi connectivity index (χ3v) is 5.66. The van der Waals surface area contributed by atoms with Gasteiger partial charge in [-0.25, -0.2) is 13.2 Å². The quantitative estimate of drug-likeness (QED) is 0.840. The van der Waals surface area contributed by atoms with E-state index in [0.717, 1.165) is 11.1 Å². The first-order valence-electron chi connectivity index (χ1n) is 7.80. The van der Waals surface area contributed by atoms with Crippen LogP contribution in [0.3, 0.4) is 0 Å². The number of carbonyl (C=O) groups is 1. The summed E-state index contributed by atoms with van der Waals surface area (Å²) in [6, 6.07) is 9.34. The molecule has 0 aliphatic carbocycles. The summed E-state index contributed by atoms with van der Waals surface area (Å²) >= 11 is 0. The molecule has 0 spiro atoms. The monoisotopic (exact) mass is 348 g/mol. The van der Waals surface area contributed by atoms with Gasteiger partial charge < -0.3 is 10.6 Å². The maximum absolute atomic E-state index is 11.8. The topological polar surface area (TPSA) is 93.1 Å². The Kier molecular flexibility index (Phi) is 4.84. The van der Waals surface area contributed by atoms with Crippen molar-refractivity contribution in [2.45, 2.75) is 25.6 Å². The molecule has 24 heavy (non-hydrogen) atoms. The van der Waals surface area contributed by atoms with Gasteiger partial charge in [0.2, 0.25) is 0 Å². The second-order valence-electron chi connectivity index (χ2n) is 5.96. The predicted octanol–water partition coefficient (Wildman–Crippen LogP) is 0.918. The summed E-state index contributed by atoms with van der Waals surface area (Å²) in [5.41, 5.74) is 2.04. The largest absolute Gasteiger partial charge is 0.334 e. The smallest absolute Gasteiger partial charge is 0.315 e. The first-order chi connectivity index (χ1) is 11.5. The van der Waals surface area contributed by atoms with E-state index < -0.39 is 9.84 Å². The molecule has 1 atom stereocenters. The summed E-state index contributed by atoms with van der Waals surface area (Å²) in [5, 5.41) is 9.70. The lowest BCUT2D eigenvalue weighted by atomic mass is 10.2. The zero-order valence-corrected chi connectivity index (χ0v) is 14.0. The third-order valence-electron chi connectivity index (χ3n) is 3.89. The molecule has 2 N–H and O–H groups in total. The molecule has 1 aromatic heterocycles. The van der Waals surface area contributed by atoms with E-state index in [0.29, 0.717) is 19.5 Å². The van der Waals surface area contributed by atoms with Gasteiger partial charge in [0.15, 0.2) is 9.84 Å². The molecule has 0 saturated carbocycles. The van der Waals surface area contributed by atoms with E-state index in [-0.39, 0.29) is 23.6 Å². The van der Waals surface area contributed by atoms with Crippen LogP contribution in [0.15, 0.2) is 42.7 Å². The van der Waals surface area contributed by atoms with Crippen molar-refractivity contribution in [2.75, 3.05) is 11.5 Å². The number of hydrogen-bond donors (Lipinski definition) is 2. The molecule has 128 valence electrons. The Balaban J connectivity index is 1.46. The molecule has 2 amide bonds. The van der Waals surface area contributed by atoms with Gasteiger partial charge in [0.25, 0.3) is 0 Å². The summed E-state index contributed by atoms with van der Waals surface area (Å²) in [7, 11) is -2.99. The van der Waals surface area contributed by atoms with Crippen LogP contribution >= 0.6 is 0 Å². The molecule has 8 heteroatoms. The highest BCUT2D eigenvalue weighted by Crippen LogP contribution is 2.11. The number of nitrogens with zero attached hydrogens (tertiary/aromatic N) is 2. The van der Waals surface area contributed by atoms with Crippen LogP contribution < -0.4 is 10.6 Å². The van der Waals surface area contributed by atoms with E-state index in [1.54, 1.807) is 6.20 Å². The Morgan fingerprint density at radius 1 is 1.25 bits per heavy atom. The van der Waals surface area contributed by atoms with Crippen molar-refractivity contribution < 1.29 is 13.2 Å². The minimum atomic E-state index is -2.99. The lowest BCUT2D eigenvalue weighted by Crippen LogP contribution is -2.42. The standard InChI is InChI=1S/C16H20N4O3S/c21-16(19-15-6-7-24(22,23)12-15)17-8-14-9-18-20(11-14)10-13-4-2-1-3-5-13/h1-5,9,11,15H,6-8,10,12H2,(H2,17,19,21)/t15-/m1/s1. The summed E-state index contributed by atoms with van der Waals surface area (Å²) in [5.74, 6) is 0.166. The number of carbonyl (C=O) groups excluding carboxylic acids is 1. The van der Waals surface area contributed by atoms with Crippen molar-refractivity contribution in [3.05, 3.63) is 53.9 Å². The van der Waals surface area contributed by atoms with E-state index >= 15 is 0 Å². The van der Waals surface area contributed by atoms with Crippen LogP contribution in [0.2, 0.25) is 0 Å². The van der Waals surface area contributed by atoms with Crippen LogP contribution in [0.25, 0.3) is 0 Å². The van der Waals surface area contributed by atoms with Crippen molar-refractivity contribution >= 4 is 15.9 Å². The van der Waals surface area contributed by atoms with Gasteiger partial charge in [0, 0.05) is 24.3 Å². The molecule has 0 unspecified atom stereocenters. The predicted molar refractivity (Wildman–Crippen MR) is 90.2 cm³/mol. The number of hydrogen-bond acceptors (Lipinski definition) is 4. The lowest BCUT2D eigenvalue weighted by molar-refractivity contribution is 0.237. The zero-order valence-electron chi connectivity index (χ0n) is 13.2. The summed E-state index contributed by atoms with van der Waals surface area (Å²) in [6.07, 6.45) is 4.07. The second-order valence-corrected chi connectivity index (χ2v) is 8.19. The molecule has 1 aliphatic rings. The van der Waals surface area contributed by atoms with E-state index in [2.05, 4.69) is 15.7 Å². The van der Waals surface area contributed by atoms with Crippen molar-refractivity contribution in [2.24, 2.45) is 0 Å². The fourth-order valence-corrected chi connectivity index (χ4v) is 4.36. The van der Waals surface area contributed by atoms with Crippen molar-refractivity contribution in [3.63, 3.8) is 0 Å². The van der Waals surface area contributed by atoms with Crippen LogP contribution in [0, 0.1) is 0 Å². The maximum Gasteiger partial charge on any atom is 0.315 e.